The highest BCUT2D eigenvalue weighted by atomic mass is 16.2. The summed E-state index contributed by atoms with van der Waals surface area (Å²) in [6.45, 7) is 8.24. The Balaban J connectivity index is 1.97. The molecule has 1 aliphatic heterocycles. The van der Waals surface area contributed by atoms with Gasteiger partial charge in [-0.2, -0.15) is 0 Å². The Morgan fingerprint density at radius 1 is 1.29 bits per heavy atom. The second-order valence-electron chi connectivity index (χ2n) is 5.83. The quantitative estimate of drug-likeness (QED) is 0.817. The Morgan fingerprint density at radius 2 is 2.00 bits per heavy atom. The molecule has 0 saturated heterocycles. The van der Waals surface area contributed by atoms with Gasteiger partial charge in [-0.25, -0.2) is 0 Å². The highest BCUT2D eigenvalue weighted by molar-refractivity contribution is 5.78. The van der Waals surface area contributed by atoms with Gasteiger partial charge >= 0.3 is 0 Å². The zero-order chi connectivity index (χ0) is 15.2. The molecule has 2 N–H and O–H groups in total. The second kappa shape index (κ2) is 7.46. The van der Waals surface area contributed by atoms with Gasteiger partial charge in [0.15, 0.2) is 0 Å². The van der Waals surface area contributed by atoms with Crippen LogP contribution in [0.25, 0.3) is 0 Å². The van der Waals surface area contributed by atoms with Crippen LogP contribution in [0.3, 0.4) is 0 Å². The number of hydrogen-bond acceptors (Lipinski definition) is 3. The van der Waals surface area contributed by atoms with E-state index in [2.05, 4.69) is 24.8 Å². The fourth-order valence-electron chi connectivity index (χ4n) is 3.02. The third kappa shape index (κ3) is 3.97. The van der Waals surface area contributed by atoms with Crippen molar-refractivity contribution in [2.75, 3.05) is 31.9 Å². The van der Waals surface area contributed by atoms with Gasteiger partial charge in [0, 0.05) is 31.9 Å². The molecule has 21 heavy (non-hydrogen) atoms. The molecule has 1 aliphatic rings. The van der Waals surface area contributed by atoms with E-state index in [0.29, 0.717) is 6.54 Å². The summed E-state index contributed by atoms with van der Waals surface area (Å²) < 4.78 is 0. The number of hydrogen-bond donors (Lipinski definition) is 1. The molecule has 0 radical (unpaired) electrons. The first-order valence-corrected chi connectivity index (χ1v) is 8.02. The van der Waals surface area contributed by atoms with Crippen molar-refractivity contribution in [2.45, 2.75) is 39.7 Å². The van der Waals surface area contributed by atoms with Gasteiger partial charge < -0.3 is 10.6 Å². The molecule has 4 nitrogen and oxygen atoms in total. The summed E-state index contributed by atoms with van der Waals surface area (Å²) in [5.74, 6) is 0.256. The fourth-order valence-corrected chi connectivity index (χ4v) is 3.02. The maximum Gasteiger partial charge on any atom is 0.236 e. The Bertz CT molecular complexity index is 481. The van der Waals surface area contributed by atoms with Crippen LogP contribution >= 0.6 is 0 Å². The van der Waals surface area contributed by atoms with Crippen LogP contribution in [0.2, 0.25) is 0 Å². The van der Waals surface area contributed by atoms with Crippen molar-refractivity contribution >= 4 is 11.6 Å². The molecule has 0 atom stereocenters. The van der Waals surface area contributed by atoms with Crippen LogP contribution in [0.15, 0.2) is 18.2 Å². The molecule has 2 rings (SSSR count). The number of carbonyl (C=O) groups is 1. The van der Waals surface area contributed by atoms with Gasteiger partial charge in [0.25, 0.3) is 0 Å². The Hall–Kier alpha value is -1.55. The third-order valence-electron chi connectivity index (χ3n) is 4.08. The third-order valence-corrected chi connectivity index (χ3v) is 4.08. The molecule has 0 bridgehead atoms. The molecule has 0 fully saturated rings. The van der Waals surface area contributed by atoms with Gasteiger partial charge in [-0.15, -0.1) is 0 Å². The summed E-state index contributed by atoms with van der Waals surface area (Å²) in [4.78, 5) is 16.7. The number of amides is 1. The maximum absolute atomic E-state index is 12.4. The van der Waals surface area contributed by atoms with Crippen LogP contribution in [0.5, 0.6) is 0 Å². The summed E-state index contributed by atoms with van der Waals surface area (Å²) in [7, 11) is 0. The zero-order valence-electron chi connectivity index (χ0n) is 13.3. The van der Waals surface area contributed by atoms with Gasteiger partial charge in [-0.3, -0.25) is 9.69 Å². The zero-order valence-corrected chi connectivity index (χ0v) is 13.3. The molecule has 1 aromatic carbocycles. The highest BCUT2D eigenvalue weighted by Gasteiger charge is 2.21. The molecular weight excluding hydrogens is 262 g/mol. The lowest BCUT2D eigenvalue weighted by atomic mass is 9.98. The van der Waals surface area contributed by atoms with E-state index in [-0.39, 0.29) is 5.91 Å². The van der Waals surface area contributed by atoms with Crippen molar-refractivity contribution < 1.29 is 4.79 Å². The van der Waals surface area contributed by atoms with Crippen LogP contribution in [0.1, 0.15) is 37.8 Å². The first-order valence-electron chi connectivity index (χ1n) is 8.02. The van der Waals surface area contributed by atoms with Crippen LogP contribution in [0, 0.1) is 0 Å². The summed E-state index contributed by atoms with van der Waals surface area (Å²) in [5.41, 5.74) is 9.44. The molecule has 1 amide bonds. The van der Waals surface area contributed by atoms with E-state index in [1.165, 1.54) is 11.1 Å². The predicted molar refractivity (Wildman–Crippen MR) is 87.0 cm³/mol. The lowest BCUT2D eigenvalue weighted by Gasteiger charge is -2.31. The van der Waals surface area contributed by atoms with Gasteiger partial charge in [0.05, 0.1) is 6.54 Å². The smallest absolute Gasteiger partial charge is 0.236 e. The Morgan fingerprint density at radius 3 is 2.67 bits per heavy atom. The number of nitrogens with two attached hydrogens (primary N) is 1. The summed E-state index contributed by atoms with van der Waals surface area (Å²) >= 11 is 0. The second-order valence-corrected chi connectivity index (χ2v) is 5.83. The first kappa shape index (κ1) is 15.8. The van der Waals surface area contributed by atoms with Crippen molar-refractivity contribution in [3.8, 4) is 0 Å². The number of anilines is 1. The number of nitrogen functional groups attached to an aromatic ring is 1. The Labute approximate surface area is 127 Å². The van der Waals surface area contributed by atoms with E-state index in [1.807, 2.05) is 17.0 Å². The van der Waals surface area contributed by atoms with Gasteiger partial charge in [-0.05, 0) is 36.5 Å². The standard InChI is InChI=1S/C17H27N3O/c1-3-9-20(10-4-2)17(21)13-19-11-8-15-14(12-19)6-5-7-16(15)18/h5-7H,3-4,8-13,18H2,1-2H3. The monoisotopic (exact) mass is 289 g/mol. The maximum atomic E-state index is 12.4. The molecular formula is C17H27N3O. The first-order chi connectivity index (χ1) is 10.2. The van der Waals surface area contributed by atoms with Gasteiger partial charge in [0.1, 0.15) is 0 Å². The largest absolute Gasteiger partial charge is 0.398 e. The Kier molecular flexibility index (Phi) is 5.62. The molecule has 1 aromatic rings. The summed E-state index contributed by atoms with van der Waals surface area (Å²) in [6, 6.07) is 6.09. The van der Waals surface area contributed by atoms with Crippen molar-refractivity contribution in [3.05, 3.63) is 29.3 Å². The van der Waals surface area contributed by atoms with E-state index < -0.39 is 0 Å². The molecule has 4 heteroatoms. The normalized spacial score (nSPS) is 14.8. The number of benzene rings is 1. The molecule has 0 spiro atoms. The van der Waals surface area contributed by atoms with E-state index in [9.17, 15) is 4.79 Å². The summed E-state index contributed by atoms with van der Waals surface area (Å²) in [5, 5.41) is 0. The van der Waals surface area contributed by atoms with Crippen molar-refractivity contribution in [1.29, 1.82) is 0 Å². The molecule has 0 aliphatic carbocycles. The van der Waals surface area contributed by atoms with E-state index >= 15 is 0 Å². The minimum Gasteiger partial charge on any atom is -0.398 e. The van der Waals surface area contributed by atoms with Gasteiger partial charge in [-0.1, -0.05) is 26.0 Å². The van der Waals surface area contributed by atoms with Crippen LogP contribution in [0.4, 0.5) is 5.69 Å². The number of nitrogens with zero attached hydrogens (tertiary/aromatic N) is 2. The minimum absolute atomic E-state index is 0.256. The average molecular weight is 289 g/mol. The summed E-state index contributed by atoms with van der Waals surface area (Å²) in [6.07, 6.45) is 2.98. The number of carbonyl (C=O) groups excluding carboxylic acids is 1. The molecule has 0 unspecified atom stereocenters. The lowest BCUT2D eigenvalue weighted by Crippen LogP contribution is -2.42. The minimum atomic E-state index is 0.256. The average Bonchev–Trinajstić information content (AvgIpc) is 2.47. The van der Waals surface area contributed by atoms with E-state index in [1.54, 1.807) is 0 Å². The highest BCUT2D eigenvalue weighted by Crippen LogP contribution is 2.23. The van der Waals surface area contributed by atoms with Crippen molar-refractivity contribution in [1.82, 2.24) is 9.80 Å². The SMILES string of the molecule is CCCN(CCC)C(=O)CN1CCc2c(N)cccc2C1. The van der Waals surface area contributed by atoms with E-state index in [4.69, 9.17) is 5.73 Å². The van der Waals surface area contributed by atoms with Gasteiger partial charge in [0.2, 0.25) is 5.91 Å². The van der Waals surface area contributed by atoms with Crippen molar-refractivity contribution in [3.63, 3.8) is 0 Å². The predicted octanol–water partition coefficient (Wildman–Crippen LogP) is 2.28. The fraction of sp³-hybridized carbons (Fsp3) is 0.588. The molecule has 116 valence electrons. The lowest BCUT2D eigenvalue weighted by molar-refractivity contribution is -0.132. The number of rotatable bonds is 6. The van der Waals surface area contributed by atoms with Crippen LogP contribution in [-0.2, 0) is 17.8 Å². The van der Waals surface area contributed by atoms with Crippen molar-refractivity contribution in [2.24, 2.45) is 0 Å². The van der Waals surface area contributed by atoms with E-state index in [0.717, 1.165) is 51.1 Å². The molecule has 0 saturated carbocycles. The molecule has 1 heterocycles. The van der Waals surface area contributed by atoms with Crippen LogP contribution in [-0.4, -0.2) is 41.9 Å². The number of fused-ring (bicyclic) bond motifs is 1. The topological polar surface area (TPSA) is 49.6 Å². The van der Waals surface area contributed by atoms with Crippen LogP contribution < -0.4 is 5.73 Å². The molecule has 0 aromatic heterocycles.